The van der Waals surface area contributed by atoms with Gasteiger partial charge in [0.05, 0.1) is 4.88 Å². The fourth-order valence-corrected chi connectivity index (χ4v) is 5.49. The topological polar surface area (TPSA) is 42.3 Å². The molecule has 2 aromatic heterocycles. The van der Waals surface area contributed by atoms with Gasteiger partial charge in [-0.15, -0.1) is 11.3 Å². The first-order valence-electron chi connectivity index (χ1n) is 10.1. The number of amides is 1. The Hall–Kier alpha value is -2.63. The Balaban J connectivity index is 1.48. The van der Waals surface area contributed by atoms with Crippen molar-refractivity contribution in [2.75, 3.05) is 13.1 Å². The standard InChI is InChI=1S/C24H21ClN2O2S/c25-20-8-4-16(5-9-20)3-6-18-7-10-22(28)27-14-17-12-19(23(18)27)15-26(13-17)24(29)21-2-1-11-30-21/h1-11,17,19H,12-15H2. The van der Waals surface area contributed by atoms with Gasteiger partial charge in [-0.2, -0.15) is 0 Å². The summed E-state index contributed by atoms with van der Waals surface area (Å²) >= 11 is 7.47. The van der Waals surface area contributed by atoms with Gasteiger partial charge in [0, 0.05) is 42.3 Å². The molecule has 2 atom stereocenters. The van der Waals surface area contributed by atoms with Crippen molar-refractivity contribution in [2.45, 2.75) is 18.9 Å². The van der Waals surface area contributed by atoms with Crippen molar-refractivity contribution in [2.24, 2.45) is 5.92 Å². The van der Waals surface area contributed by atoms with Crippen LogP contribution in [0.1, 0.15) is 38.8 Å². The maximum Gasteiger partial charge on any atom is 0.263 e. The molecule has 4 nitrogen and oxygen atoms in total. The Morgan fingerprint density at radius 2 is 1.87 bits per heavy atom. The highest BCUT2D eigenvalue weighted by Gasteiger charge is 2.37. The molecule has 152 valence electrons. The van der Waals surface area contributed by atoms with Crippen molar-refractivity contribution >= 4 is 41.0 Å². The van der Waals surface area contributed by atoms with E-state index in [9.17, 15) is 9.59 Å². The summed E-state index contributed by atoms with van der Waals surface area (Å²) in [5.41, 5.74) is 3.18. The Bertz CT molecular complexity index is 1160. The van der Waals surface area contributed by atoms with Crippen molar-refractivity contribution in [3.8, 4) is 0 Å². The van der Waals surface area contributed by atoms with Crippen LogP contribution in [0.15, 0.2) is 58.7 Å². The van der Waals surface area contributed by atoms with Gasteiger partial charge in [-0.05, 0) is 53.1 Å². The van der Waals surface area contributed by atoms with Gasteiger partial charge in [0.2, 0.25) is 0 Å². The molecule has 6 heteroatoms. The molecular formula is C24H21ClN2O2S. The number of aromatic nitrogens is 1. The van der Waals surface area contributed by atoms with E-state index >= 15 is 0 Å². The molecule has 0 saturated carbocycles. The van der Waals surface area contributed by atoms with Gasteiger partial charge in [0.25, 0.3) is 11.5 Å². The van der Waals surface area contributed by atoms with E-state index in [-0.39, 0.29) is 17.4 Å². The number of nitrogens with zero attached hydrogens (tertiary/aromatic N) is 2. The quantitative estimate of drug-likeness (QED) is 0.580. The summed E-state index contributed by atoms with van der Waals surface area (Å²) < 4.78 is 1.92. The third-order valence-corrected chi connectivity index (χ3v) is 7.08. The first-order chi connectivity index (χ1) is 14.6. The van der Waals surface area contributed by atoms with Crippen molar-refractivity contribution in [3.63, 3.8) is 0 Å². The molecule has 2 bridgehead atoms. The first kappa shape index (κ1) is 19.3. The summed E-state index contributed by atoms with van der Waals surface area (Å²) in [6.07, 6.45) is 5.12. The van der Waals surface area contributed by atoms with E-state index in [1.54, 1.807) is 6.07 Å². The van der Waals surface area contributed by atoms with Crippen molar-refractivity contribution in [1.82, 2.24) is 9.47 Å². The fraction of sp³-hybridized carbons (Fsp3) is 0.250. The lowest BCUT2D eigenvalue weighted by molar-refractivity contribution is 0.0599. The highest BCUT2D eigenvalue weighted by molar-refractivity contribution is 7.12. The smallest absolute Gasteiger partial charge is 0.263 e. The molecular weight excluding hydrogens is 416 g/mol. The number of hydrogen-bond donors (Lipinski definition) is 0. The number of rotatable bonds is 3. The highest BCUT2D eigenvalue weighted by atomic mass is 35.5. The first-order valence-corrected chi connectivity index (χ1v) is 11.3. The monoisotopic (exact) mass is 436 g/mol. The lowest BCUT2D eigenvalue weighted by Gasteiger charge is -2.43. The zero-order valence-electron chi connectivity index (χ0n) is 16.3. The average Bonchev–Trinajstić information content (AvgIpc) is 3.29. The van der Waals surface area contributed by atoms with Gasteiger partial charge in [-0.3, -0.25) is 9.59 Å². The van der Waals surface area contributed by atoms with Gasteiger partial charge in [0.1, 0.15) is 0 Å². The Kier molecular flexibility index (Phi) is 5.09. The van der Waals surface area contributed by atoms with Crippen LogP contribution in [0.5, 0.6) is 0 Å². The van der Waals surface area contributed by atoms with Crippen LogP contribution in [0.4, 0.5) is 0 Å². The third-order valence-electron chi connectivity index (χ3n) is 5.97. The molecule has 0 spiro atoms. The molecule has 1 saturated heterocycles. The number of carbonyl (C=O) groups is 1. The van der Waals surface area contributed by atoms with E-state index < -0.39 is 0 Å². The molecule has 2 unspecified atom stereocenters. The van der Waals surface area contributed by atoms with Crippen LogP contribution in [0.25, 0.3) is 12.2 Å². The van der Waals surface area contributed by atoms with E-state index in [2.05, 4.69) is 6.08 Å². The van der Waals surface area contributed by atoms with Gasteiger partial charge in [0.15, 0.2) is 0 Å². The number of benzene rings is 1. The van der Waals surface area contributed by atoms with Gasteiger partial charge < -0.3 is 9.47 Å². The van der Waals surface area contributed by atoms with Crippen molar-refractivity contribution in [3.05, 3.63) is 91.0 Å². The fourth-order valence-electron chi connectivity index (χ4n) is 4.67. The number of hydrogen-bond acceptors (Lipinski definition) is 3. The minimum Gasteiger partial charge on any atom is -0.337 e. The Morgan fingerprint density at radius 1 is 1.03 bits per heavy atom. The number of halogens is 1. The zero-order valence-corrected chi connectivity index (χ0v) is 17.9. The molecule has 0 aliphatic carbocycles. The van der Waals surface area contributed by atoms with E-state index in [0.29, 0.717) is 30.6 Å². The molecule has 2 aliphatic rings. The summed E-state index contributed by atoms with van der Waals surface area (Å²) in [7, 11) is 0. The van der Waals surface area contributed by atoms with Crippen molar-refractivity contribution < 1.29 is 4.79 Å². The zero-order chi connectivity index (χ0) is 20.7. The summed E-state index contributed by atoms with van der Waals surface area (Å²) in [6.45, 7) is 2.03. The molecule has 3 aromatic rings. The van der Waals surface area contributed by atoms with Crippen LogP contribution in [-0.2, 0) is 6.54 Å². The number of likely N-dealkylation sites (tertiary alicyclic amines) is 1. The van der Waals surface area contributed by atoms with Crippen LogP contribution in [0.3, 0.4) is 0 Å². The Labute approximate surface area is 184 Å². The molecule has 5 rings (SSSR count). The highest BCUT2D eigenvalue weighted by Crippen LogP contribution is 2.38. The molecule has 2 aliphatic heterocycles. The summed E-state index contributed by atoms with van der Waals surface area (Å²) in [6, 6.07) is 15.0. The summed E-state index contributed by atoms with van der Waals surface area (Å²) in [5, 5.41) is 2.64. The SMILES string of the molecule is O=C(c1cccs1)N1CC2CC(C1)c1c(C=Cc3ccc(Cl)cc3)ccc(=O)n1C2. The molecule has 0 N–H and O–H groups in total. The number of piperidine rings is 1. The van der Waals surface area contributed by atoms with E-state index in [1.807, 2.05) is 63.4 Å². The van der Waals surface area contributed by atoms with E-state index in [0.717, 1.165) is 28.1 Å². The maximum absolute atomic E-state index is 12.9. The third kappa shape index (κ3) is 3.64. The van der Waals surface area contributed by atoms with Gasteiger partial charge in [-0.25, -0.2) is 0 Å². The second-order valence-corrected chi connectivity index (χ2v) is 9.38. The lowest BCUT2D eigenvalue weighted by atomic mass is 9.81. The molecule has 1 aromatic carbocycles. The minimum absolute atomic E-state index is 0.0429. The van der Waals surface area contributed by atoms with Crippen LogP contribution in [0, 0.1) is 5.92 Å². The second-order valence-electron chi connectivity index (χ2n) is 7.99. The number of carbonyl (C=O) groups excluding carboxylic acids is 1. The predicted molar refractivity (Wildman–Crippen MR) is 122 cm³/mol. The van der Waals surface area contributed by atoms with Gasteiger partial charge >= 0.3 is 0 Å². The summed E-state index contributed by atoms with van der Waals surface area (Å²) in [4.78, 5) is 28.3. The van der Waals surface area contributed by atoms with E-state index in [4.69, 9.17) is 11.6 Å². The van der Waals surface area contributed by atoms with Crippen LogP contribution in [0.2, 0.25) is 5.02 Å². The minimum atomic E-state index is 0.0429. The summed E-state index contributed by atoms with van der Waals surface area (Å²) in [5.74, 6) is 0.582. The molecule has 4 heterocycles. The van der Waals surface area contributed by atoms with Crippen LogP contribution in [-0.4, -0.2) is 28.5 Å². The molecule has 0 radical (unpaired) electrons. The van der Waals surface area contributed by atoms with Gasteiger partial charge in [-0.1, -0.05) is 42.0 Å². The largest absolute Gasteiger partial charge is 0.337 e. The number of thiophene rings is 1. The number of fused-ring (bicyclic) bond motifs is 4. The van der Waals surface area contributed by atoms with Crippen molar-refractivity contribution in [1.29, 1.82) is 0 Å². The average molecular weight is 437 g/mol. The van der Waals surface area contributed by atoms with E-state index in [1.165, 1.54) is 11.3 Å². The van der Waals surface area contributed by atoms with Crippen LogP contribution < -0.4 is 5.56 Å². The molecule has 30 heavy (non-hydrogen) atoms. The molecule has 1 amide bonds. The maximum atomic E-state index is 12.9. The Morgan fingerprint density at radius 3 is 2.63 bits per heavy atom. The predicted octanol–water partition coefficient (Wildman–Crippen LogP) is 4.99. The molecule has 1 fully saturated rings. The van der Waals surface area contributed by atoms with Crippen LogP contribution >= 0.6 is 22.9 Å². The lowest BCUT2D eigenvalue weighted by Crippen LogP contribution is -2.49. The second kappa shape index (κ2) is 7.89. The number of pyridine rings is 1. The normalized spacial score (nSPS) is 20.4.